The molecule has 2 N–H and O–H groups in total. The average molecular weight is 253 g/mol. The van der Waals surface area contributed by atoms with Gasteiger partial charge in [-0.2, -0.15) is 0 Å². The molecular formula is C11H11NO6. The Kier molecular flexibility index (Phi) is 4.11. The molecule has 0 heterocycles. The fourth-order valence-electron chi connectivity index (χ4n) is 1.51. The summed E-state index contributed by atoms with van der Waals surface area (Å²) in [5, 5.41) is 28.8. The number of carboxylic acids is 1. The Morgan fingerprint density at radius 2 is 2.06 bits per heavy atom. The predicted molar refractivity (Wildman–Crippen MR) is 60.1 cm³/mol. The highest BCUT2D eigenvalue weighted by atomic mass is 16.6. The lowest BCUT2D eigenvalue weighted by atomic mass is 10.0. The summed E-state index contributed by atoms with van der Waals surface area (Å²) >= 11 is 0. The normalized spacial score (nSPS) is 11.9. The highest BCUT2D eigenvalue weighted by Gasteiger charge is 2.26. The van der Waals surface area contributed by atoms with E-state index in [2.05, 4.69) is 0 Å². The van der Waals surface area contributed by atoms with Gasteiger partial charge in [-0.1, -0.05) is 6.07 Å². The molecule has 0 aliphatic rings. The number of nitrogens with zero attached hydrogens (tertiary/aromatic N) is 1. The molecule has 1 unspecified atom stereocenters. The fourth-order valence-corrected chi connectivity index (χ4v) is 1.51. The molecule has 0 aromatic heterocycles. The number of carbonyl (C=O) groups is 2. The molecule has 18 heavy (non-hydrogen) atoms. The van der Waals surface area contributed by atoms with Crippen LogP contribution in [0.3, 0.4) is 0 Å². The zero-order chi connectivity index (χ0) is 13.9. The fraction of sp³-hybridized carbons (Fsp3) is 0.273. The molecule has 0 radical (unpaired) electrons. The number of benzene rings is 1. The molecule has 0 amide bonds. The van der Waals surface area contributed by atoms with Crippen molar-refractivity contribution < 1.29 is 24.7 Å². The summed E-state index contributed by atoms with van der Waals surface area (Å²) in [7, 11) is 0. The van der Waals surface area contributed by atoms with Gasteiger partial charge in [0, 0.05) is 12.5 Å². The van der Waals surface area contributed by atoms with Crippen LogP contribution in [0.4, 0.5) is 5.69 Å². The molecular weight excluding hydrogens is 242 g/mol. The second-order valence-electron chi connectivity index (χ2n) is 3.77. The van der Waals surface area contributed by atoms with E-state index in [-0.39, 0.29) is 17.8 Å². The molecule has 0 aliphatic heterocycles. The molecule has 0 bridgehead atoms. The Morgan fingerprint density at radius 1 is 1.44 bits per heavy atom. The first-order chi connectivity index (χ1) is 8.32. The van der Waals surface area contributed by atoms with Gasteiger partial charge in [0.25, 0.3) is 5.69 Å². The number of rotatable bonds is 5. The van der Waals surface area contributed by atoms with Crippen LogP contribution in [0.15, 0.2) is 18.2 Å². The molecule has 0 saturated heterocycles. The standard InChI is InChI=1S/C11H11NO6/c1-6(13)4-7-2-3-8(10(14)11(15)16)9(5-7)12(17)18/h2-3,5,10,14H,4H2,1H3,(H,15,16). The molecule has 0 spiro atoms. The van der Waals surface area contributed by atoms with Gasteiger partial charge in [-0.05, 0) is 18.6 Å². The van der Waals surface area contributed by atoms with E-state index < -0.39 is 22.7 Å². The molecule has 1 aromatic rings. The van der Waals surface area contributed by atoms with Crippen LogP contribution in [-0.4, -0.2) is 26.9 Å². The van der Waals surface area contributed by atoms with Gasteiger partial charge in [0.05, 0.1) is 10.5 Å². The van der Waals surface area contributed by atoms with E-state index >= 15 is 0 Å². The lowest BCUT2D eigenvalue weighted by molar-refractivity contribution is -0.386. The summed E-state index contributed by atoms with van der Waals surface area (Å²) in [6.07, 6.45) is -1.94. The Hall–Kier alpha value is -2.28. The SMILES string of the molecule is CC(=O)Cc1ccc(C(O)C(=O)O)c([N+](=O)[O-])c1. The Balaban J connectivity index is 3.24. The van der Waals surface area contributed by atoms with E-state index in [1.54, 1.807) is 0 Å². The monoisotopic (exact) mass is 253 g/mol. The van der Waals surface area contributed by atoms with Crippen molar-refractivity contribution in [3.8, 4) is 0 Å². The number of Topliss-reactive ketones (excluding diaryl/α,β-unsaturated/α-hetero) is 1. The summed E-state index contributed by atoms with van der Waals surface area (Å²) in [6, 6.07) is 3.63. The molecule has 7 heteroatoms. The van der Waals surface area contributed by atoms with Gasteiger partial charge in [0.1, 0.15) is 5.78 Å². The molecule has 1 rings (SSSR count). The number of nitro benzene ring substituents is 1. The minimum Gasteiger partial charge on any atom is -0.479 e. The number of ketones is 1. The summed E-state index contributed by atoms with van der Waals surface area (Å²) < 4.78 is 0. The quantitative estimate of drug-likeness (QED) is 0.593. The van der Waals surface area contributed by atoms with E-state index in [9.17, 15) is 24.8 Å². The zero-order valence-corrected chi connectivity index (χ0v) is 9.49. The molecule has 1 atom stereocenters. The van der Waals surface area contributed by atoms with Gasteiger partial charge in [-0.25, -0.2) is 4.79 Å². The smallest absolute Gasteiger partial charge is 0.337 e. The van der Waals surface area contributed by atoms with Gasteiger partial charge in [-0.15, -0.1) is 0 Å². The number of aliphatic hydroxyl groups is 1. The van der Waals surface area contributed by atoms with Gasteiger partial charge < -0.3 is 10.2 Å². The van der Waals surface area contributed by atoms with Crippen molar-refractivity contribution in [2.45, 2.75) is 19.4 Å². The lowest BCUT2D eigenvalue weighted by Gasteiger charge is -2.08. The van der Waals surface area contributed by atoms with Gasteiger partial charge in [0.15, 0.2) is 6.10 Å². The van der Waals surface area contributed by atoms with Crippen molar-refractivity contribution in [3.05, 3.63) is 39.4 Å². The molecule has 0 aliphatic carbocycles. The average Bonchev–Trinajstić information content (AvgIpc) is 2.26. The predicted octanol–water partition coefficient (Wildman–Crippen LogP) is 0.844. The van der Waals surface area contributed by atoms with Gasteiger partial charge in [0.2, 0.25) is 0 Å². The molecule has 96 valence electrons. The second-order valence-corrected chi connectivity index (χ2v) is 3.77. The van der Waals surface area contributed by atoms with Crippen LogP contribution < -0.4 is 0 Å². The summed E-state index contributed by atoms with van der Waals surface area (Å²) in [6.45, 7) is 1.34. The minimum atomic E-state index is -1.96. The number of nitro groups is 1. The van der Waals surface area contributed by atoms with E-state index in [1.165, 1.54) is 13.0 Å². The molecule has 0 fully saturated rings. The van der Waals surface area contributed by atoms with Crippen LogP contribution in [0.5, 0.6) is 0 Å². The zero-order valence-electron chi connectivity index (χ0n) is 9.49. The van der Waals surface area contributed by atoms with Crippen molar-refractivity contribution >= 4 is 17.4 Å². The topological polar surface area (TPSA) is 118 Å². The van der Waals surface area contributed by atoms with Crippen molar-refractivity contribution in [2.75, 3.05) is 0 Å². The van der Waals surface area contributed by atoms with Crippen molar-refractivity contribution in [2.24, 2.45) is 0 Å². The van der Waals surface area contributed by atoms with E-state index in [1.807, 2.05) is 0 Å². The second kappa shape index (κ2) is 5.37. The van der Waals surface area contributed by atoms with Crippen molar-refractivity contribution in [1.29, 1.82) is 0 Å². The van der Waals surface area contributed by atoms with Crippen LogP contribution in [0, 0.1) is 10.1 Å². The van der Waals surface area contributed by atoms with Crippen LogP contribution >= 0.6 is 0 Å². The Bertz CT molecular complexity index is 510. The number of carbonyl (C=O) groups excluding carboxylic acids is 1. The first-order valence-electron chi connectivity index (χ1n) is 5.00. The van der Waals surface area contributed by atoms with E-state index in [4.69, 9.17) is 5.11 Å². The highest BCUT2D eigenvalue weighted by Crippen LogP contribution is 2.26. The first kappa shape index (κ1) is 13.8. The van der Waals surface area contributed by atoms with Gasteiger partial charge in [-0.3, -0.25) is 14.9 Å². The number of hydrogen-bond donors (Lipinski definition) is 2. The summed E-state index contributed by atoms with van der Waals surface area (Å²) in [4.78, 5) is 31.5. The number of aliphatic carboxylic acids is 1. The van der Waals surface area contributed by atoms with Crippen LogP contribution in [0.25, 0.3) is 0 Å². The Labute approximate surface area is 102 Å². The number of carboxylic acid groups (broad SMARTS) is 1. The maximum atomic E-state index is 10.9. The van der Waals surface area contributed by atoms with Crippen LogP contribution in [0.1, 0.15) is 24.2 Å². The summed E-state index contributed by atoms with van der Waals surface area (Å²) in [5.41, 5.74) is -0.418. The first-order valence-corrected chi connectivity index (χ1v) is 5.00. The number of aliphatic hydroxyl groups excluding tert-OH is 1. The molecule has 7 nitrogen and oxygen atoms in total. The van der Waals surface area contributed by atoms with Gasteiger partial charge >= 0.3 is 5.97 Å². The lowest BCUT2D eigenvalue weighted by Crippen LogP contribution is -2.13. The van der Waals surface area contributed by atoms with E-state index in [0.717, 1.165) is 12.1 Å². The van der Waals surface area contributed by atoms with Crippen molar-refractivity contribution in [3.63, 3.8) is 0 Å². The summed E-state index contributed by atoms with van der Waals surface area (Å²) in [5.74, 6) is -1.74. The van der Waals surface area contributed by atoms with Crippen LogP contribution in [-0.2, 0) is 16.0 Å². The van der Waals surface area contributed by atoms with Crippen LogP contribution in [0.2, 0.25) is 0 Å². The highest BCUT2D eigenvalue weighted by molar-refractivity contribution is 5.79. The Morgan fingerprint density at radius 3 is 2.50 bits per heavy atom. The third-order valence-corrected chi connectivity index (χ3v) is 2.27. The molecule has 1 aromatic carbocycles. The third kappa shape index (κ3) is 3.11. The number of hydrogen-bond acceptors (Lipinski definition) is 5. The maximum absolute atomic E-state index is 10.9. The van der Waals surface area contributed by atoms with Crippen molar-refractivity contribution in [1.82, 2.24) is 0 Å². The minimum absolute atomic E-state index is 0.0181. The van der Waals surface area contributed by atoms with E-state index in [0.29, 0.717) is 5.56 Å². The largest absolute Gasteiger partial charge is 0.479 e. The third-order valence-electron chi connectivity index (χ3n) is 2.27. The maximum Gasteiger partial charge on any atom is 0.337 e. The molecule has 0 saturated carbocycles.